The fourth-order valence-corrected chi connectivity index (χ4v) is 2.96. The van der Waals surface area contributed by atoms with Crippen LogP contribution < -0.4 is 16.4 Å². The zero-order valence-corrected chi connectivity index (χ0v) is 17.1. The van der Waals surface area contributed by atoms with E-state index in [2.05, 4.69) is 30.9 Å². The maximum atomic E-state index is 11.5. The lowest BCUT2D eigenvalue weighted by molar-refractivity contribution is 0.1000. The van der Waals surface area contributed by atoms with Crippen LogP contribution in [0.2, 0.25) is 0 Å². The van der Waals surface area contributed by atoms with Gasteiger partial charge in [-0.2, -0.15) is 9.67 Å². The topological polar surface area (TPSA) is 150 Å². The van der Waals surface area contributed by atoms with Crippen LogP contribution in [0.25, 0.3) is 16.9 Å². The van der Waals surface area contributed by atoms with Gasteiger partial charge in [-0.3, -0.25) is 4.79 Å². The van der Waals surface area contributed by atoms with Gasteiger partial charge in [-0.25, -0.2) is 9.78 Å². The molecule has 0 fully saturated rings. The largest absolute Gasteiger partial charge is 0.450 e. The van der Waals surface area contributed by atoms with Gasteiger partial charge >= 0.3 is 6.09 Å². The van der Waals surface area contributed by atoms with Gasteiger partial charge in [0.05, 0.1) is 18.5 Å². The molecule has 0 spiro atoms. The van der Waals surface area contributed by atoms with E-state index in [1.165, 1.54) is 0 Å². The van der Waals surface area contributed by atoms with Crippen LogP contribution >= 0.6 is 0 Å². The van der Waals surface area contributed by atoms with Crippen molar-refractivity contribution < 1.29 is 14.3 Å². The van der Waals surface area contributed by atoms with E-state index in [9.17, 15) is 9.59 Å². The number of nitrogens with two attached hydrogens (primary N) is 1. The highest BCUT2D eigenvalue weighted by molar-refractivity contribution is 5.93. The number of carbonyl (C=O) groups is 2. The average Bonchev–Trinajstić information content (AvgIpc) is 3.22. The number of hydrogen-bond acceptors (Lipinski definition) is 8. The number of benzene rings is 2. The van der Waals surface area contributed by atoms with E-state index in [-0.39, 0.29) is 0 Å². The van der Waals surface area contributed by atoms with Crippen molar-refractivity contribution in [2.75, 3.05) is 11.9 Å². The lowest BCUT2D eigenvalue weighted by Crippen LogP contribution is -2.23. The summed E-state index contributed by atoms with van der Waals surface area (Å²) in [6, 6.07) is 14.1. The van der Waals surface area contributed by atoms with Gasteiger partial charge < -0.3 is 21.1 Å². The lowest BCUT2D eigenvalue weighted by atomic mass is 10.2. The first-order valence-corrected chi connectivity index (χ1v) is 9.79. The SMILES string of the molecule is CCOC(=O)NCc1cccc(-n2nnc3cnc(Nc4ccc(C(N)=O)cc4)nc32)c1. The van der Waals surface area contributed by atoms with Crippen LogP contribution in [0.5, 0.6) is 0 Å². The van der Waals surface area contributed by atoms with Gasteiger partial charge in [0.2, 0.25) is 11.9 Å². The van der Waals surface area contributed by atoms with Crippen molar-refractivity contribution >= 4 is 34.8 Å². The molecule has 11 nitrogen and oxygen atoms in total. The first-order valence-electron chi connectivity index (χ1n) is 9.79. The predicted molar refractivity (Wildman–Crippen MR) is 117 cm³/mol. The van der Waals surface area contributed by atoms with E-state index in [4.69, 9.17) is 10.5 Å². The van der Waals surface area contributed by atoms with Crippen molar-refractivity contribution in [3.8, 4) is 5.69 Å². The number of carbonyl (C=O) groups excluding carboxylic acids is 2. The van der Waals surface area contributed by atoms with E-state index in [0.717, 1.165) is 11.3 Å². The molecule has 2 heterocycles. The molecular weight excluding hydrogens is 412 g/mol. The Morgan fingerprint density at radius 1 is 1.16 bits per heavy atom. The molecule has 0 aliphatic rings. The van der Waals surface area contributed by atoms with Crippen molar-refractivity contribution in [2.45, 2.75) is 13.5 Å². The first kappa shape index (κ1) is 20.7. The summed E-state index contributed by atoms with van der Waals surface area (Å²) in [6.07, 6.45) is 1.09. The number of amides is 2. The second-order valence-corrected chi connectivity index (χ2v) is 6.71. The van der Waals surface area contributed by atoms with Crippen LogP contribution in [-0.2, 0) is 11.3 Å². The van der Waals surface area contributed by atoms with Crippen molar-refractivity contribution in [3.05, 3.63) is 65.9 Å². The van der Waals surface area contributed by atoms with Crippen LogP contribution in [0, 0.1) is 0 Å². The molecule has 0 aliphatic carbocycles. The van der Waals surface area contributed by atoms with E-state index in [0.29, 0.717) is 41.5 Å². The molecule has 4 aromatic rings. The summed E-state index contributed by atoms with van der Waals surface area (Å²) in [5.41, 5.74) is 8.99. The summed E-state index contributed by atoms with van der Waals surface area (Å²) in [6.45, 7) is 2.36. The molecule has 32 heavy (non-hydrogen) atoms. The number of fused-ring (bicyclic) bond motifs is 1. The first-order chi connectivity index (χ1) is 15.5. The standard InChI is InChI=1S/C21H20N8O3/c1-2-32-21(31)24-11-13-4-3-5-16(10-13)29-19-17(27-28-29)12-23-20(26-19)25-15-8-6-14(7-9-15)18(22)30/h3-10,12H,2,11H2,1H3,(H2,22,30)(H,24,31)(H,23,25,26). The monoisotopic (exact) mass is 432 g/mol. The molecule has 0 radical (unpaired) electrons. The third-order valence-electron chi connectivity index (χ3n) is 4.49. The molecule has 2 amide bonds. The van der Waals surface area contributed by atoms with E-state index in [1.54, 1.807) is 42.1 Å². The number of anilines is 2. The molecule has 0 bridgehead atoms. The van der Waals surface area contributed by atoms with Gasteiger partial charge in [0.1, 0.15) is 0 Å². The molecule has 0 unspecified atom stereocenters. The average molecular weight is 432 g/mol. The number of ether oxygens (including phenoxy) is 1. The minimum absolute atomic E-state index is 0.308. The van der Waals surface area contributed by atoms with Crippen molar-refractivity contribution in [3.63, 3.8) is 0 Å². The Bertz CT molecular complexity index is 1270. The number of hydrogen-bond donors (Lipinski definition) is 3. The molecule has 2 aromatic heterocycles. The van der Waals surface area contributed by atoms with Crippen LogP contribution in [0.3, 0.4) is 0 Å². The highest BCUT2D eigenvalue weighted by atomic mass is 16.5. The molecule has 4 rings (SSSR count). The highest BCUT2D eigenvalue weighted by Gasteiger charge is 2.11. The van der Waals surface area contributed by atoms with E-state index < -0.39 is 12.0 Å². The summed E-state index contributed by atoms with van der Waals surface area (Å²) < 4.78 is 6.47. The third-order valence-corrected chi connectivity index (χ3v) is 4.49. The van der Waals surface area contributed by atoms with Crippen LogP contribution in [0.1, 0.15) is 22.8 Å². The molecule has 0 saturated heterocycles. The van der Waals surface area contributed by atoms with E-state index in [1.807, 2.05) is 24.3 Å². The number of nitrogens with zero attached hydrogens (tertiary/aromatic N) is 5. The van der Waals surface area contributed by atoms with Gasteiger partial charge in [0.25, 0.3) is 0 Å². The fraction of sp³-hybridized carbons (Fsp3) is 0.143. The van der Waals surface area contributed by atoms with Gasteiger partial charge in [-0.15, -0.1) is 5.10 Å². The lowest BCUT2D eigenvalue weighted by Gasteiger charge is -2.08. The predicted octanol–water partition coefficient (Wildman–Crippen LogP) is 2.30. The molecule has 0 atom stereocenters. The summed E-state index contributed by atoms with van der Waals surface area (Å²) in [5, 5.41) is 14.1. The number of nitrogens with one attached hydrogen (secondary N) is 2. The number of alkyl carbamates (subject to hydrolysis) is 1. The molecule has 0 aliphatic heterocycles. The van der Waals surface area contributed by atoms with Crippen LogP contribution in [0.4, 0.5) is 16.4 Å². The smallest absolute Gasteiger partial charge is 0.407 e. The quantitative estimate of drug-likeness (QED) is 0.403. The van der Waals surface area contributed by atoms with Crippen LogP contribution in [0.15, 0.2) is 54.7 Å². The second kappa shape index (κ2) is 9.08. The zero-order chi connectivity index (χ0) is 22.5. The molecule has 4 N–H and O–H groups in total. The van der Waals surface area contributed by atoms with Crippen molar-refractivity contribution in [2.24, 2.45) is 5.73 Å². The van der Waals surface area contributed by atoms with E-state index >= 15 is 0 Å². The minimum Gasteiger partial charge on any atom is -0.450 e. The summed E-state index contributed by atoms with van der Waals surface area (Å²) in [7, 11) is 0. The van der Waals surface area contributed by atoms with Gasteiger partial charge in [-0.05, 0) is 48.9 Å². The Labute approximate surface area is 182 Å². The minimum atomic E-state index is -0.496. The van der Waals surface area contributed by atoms with Gasteiger partial charge in [0, 0.05) is 17.8 Å². The Kier molecular flexibility index (Phi) is 5.88. The number of rotatable bonds is 7. The maximum absolute atomic E-state index is 11.5. The second-order valence-electron chi connectivity index (χ2n) is 6.71. The van der Waals surface area contributed by atoms with Crippen LogP contribution in [-0.4, -0.2) is 43.6 Å². The molecule has 11 heteroatoms. The van der Waals surface area contributed by atoms with Crippen molar-refractivity contribution in [1.82, 2.24) is 30.3 Å². The number of primary amides is 1. The third kappa shape index (κ3) is 4.61. The Hall–Kier alpha value is -4.54. The molecule has 2 aromatic carbocycles. The molecular formula is C21H20N8O3. The van der Waals surface area contributed by atoms with Crippen molar-refractivity contribution in [1.29, 1.82) is 0 Å². The Morgan fingerprint density at radius 3 is 2.72 bits per heavy atom. The Morgan fingerprint density at radius 2 is 1.97 bits per heavy atom. The fourth-order valence-electron chi connectivity index (χ4n) is 2.96. The maximum Gasteiger partial charge on any atom is 0.407 e. The highest BCUT2D eigenvalue weighted by Crippen LogP contribution is 2.19. The normalized spacial score (nSPS) is 10.7. The molecule has 162 valence electrons. The number of aromatic nitrogens is 5. The zero-order valence-electron chi connectivity index (χ0n) is 17.1. The van der Waals surface area contributed by atoms with Gasteiger partial charge in [-0.1, -0.05) is 17.3 Å². The molecule has 0 saturated carbocycles. The van der Waals surface area contributed by atoms with Gasteiger partial charge in [0.15, 0.2) is 11.2 Å². The summed E-state index contributed by atoms with van der Waals surface area (Å²) in [4.78, 5) is 31.5. The summed E-state index contributed by atoms with van der Waals surface area (Å²) >= 11 is 0. The summed E-state index contributed by atoms with van der Waals surface area (Å²) in [5.74, 6) is -0.156. The Balaban J connectivity index is 1.57.